The summed E-state index contributed by atoms with van der Waals surface area (Å²) in [6, 6.07) is 11.2. The molecule has 0 bridgehead atoms. The number of rotatable bonds is 5. The first-order valence-electron chi connectivity index (χ1n) is 10.5. The van der Waals surface area contributed by atoms with Gasteiger partial charge in [-0.15, -0.1) is 0 Å². The molecule has 1 saturated heterocycles. The van der Waals surface area contributed by atoms with Crippen molar-refractivity contribution in [3.05, 3.63) is 69.2 Å². The number of aryl methyl sites for hydroxylation is 1. The summed E-state index contributed by atoms with van der Waals surface area (Å²) in [5.74, 6) is -2.79. The van der Waals surface area contributed by atoms with Crippen molar-refractivity contribution in [3.8, 4) is 0 Å². The molecule has 2 aromatic rings. The highest BCUT2D eigenvalue weighted by atomic mass is 35.5. The lowest BCUT2D eigenvalue weighted by molar-refractivity contribution is -0.154. The van der Waals surface area contributed by atoms with E-state index >= 15 is 0 Å². The van der Waals surface area contributed by atoms with Gasteiger partial charge in [0.2, 0.25) is 0 Å². The van der Waals surface area contributed by atoms with Gasteiger partial charge in [0, 0.05) is 11.1 Å². The van der Waals surface area contributed by atoms with E-state index in [-0.39, 0.29) is 21.4 Å². The van der Waals surface area contributed by atoms with Gasteiger partial charge in [0.1, 0.15) is 6.54 Å². The van der Waals surface area contributed by atoms with Gasteiger partial charge in [0.25, 0.3) is 17.7 Å². The van der Waals surface area contributed by atoms with Gasteiger partial charge in [-0.05, 0) is 38.0 Å². The lowest BCUT2D eigenvalue weighted by atomic mass is 9.81. The Labute approximate surface area is 196 Å². The van der Waals surface area contributed by atoms with Crippen molar-refractivity contribution < 1.29 is 19.2 Å². The van der Waals surface area contributed by atoms with Crippen LogP contribution in [0, 0.1) is 18.8 Å². The van der Waals surface area contributed by atoms with Gasteiger partial charge in [-0.1, -0.05) is 65.9 Å². The maximum Gasteiger partial charge on any atom is 0.273 e. The van der Waals surface area contributed by atoms with Crippen LogP contribution in [0.15, 0.2) is 42.5 Å². The second kappa shape index (κ2) is 9.04. The highest BCUT2D eigenvalue weighted by Gasteiger charge is 2.51. The van der Waals surface area contributed by atoms with E-state index in [0.29, 0.717) is 18.4 Å². The topological polar surface area (TPSA) is 74.8 Å². The van der Waals surface area contributed by atoms with Gasteiger partial charge < -0.3 is 0 Å². The Morgan fingerprint density at radius 2 is 1.47 bits per heavy atom. The molecule has 0 radical (unpaired) electrons. The Bertz CT molecular complexity index is 1080. The molecule has 166 valence electrons. The van der Waals surface area contributed by atoms with E-state index in [1.54, 1.807) is 24.3 Å². The van der Waals surface area contributed by atoms with E-state index in [0.717, 1.165) is 28.4 Å². The predicted octanol–water partition coefficient (Wildman–Crippen LogP) is 4.72. The molecule has 2 aliphatic rings. The number of imide groups is 1. The van der Waals surface area contributed by atoms with Gasteiger partial charge in [-0.2, -0.15) is 5.01 Å². The summed E-state index contributed by atoms with van der Waals surface area (Å²) in [4.78, 5) is 52.8. The molecular weight excluding hydrogens is 451 g/mol. The molecule has 1 aliphatic heterocycles. The van der Waals surface area contributed by atoms with E-state index in [9.17, 15) is 19.2 Å². The van der Waals surface area contributed by atoms with Crippen molar-refractivity contribution in [2.24, 2.45) is 11.8 Å². The second-order valence-electron chi connectivity index (χ2n) is 8.27. The van der Waals surface area contributed by atoms with Crippen molar-refractivity contribution in [3.63, 3.8) is 0 Å². The van der Waals surface area contributed by atoms with E-state index in [4.69, 9.17) is 23.2 Å². The molecular formula is C24H22Cl2N2O4. The Hall–Kier alpha value is -2.70. The second-order valence-corrected chi connectivity index (χ2v) is 9.08. The summed E-state index contributed by atoms with van der Waals surface area (Å²) in [5, 5.41) is 2.28. The van der Waals surface area contributed by atoms with Crippen molar-refractivity contribution >= 4 is 46.7 Å². The minimum Gasteiger partial charge on any atom is -0.292 e. The van der Waals surface area contributed by atoms with Crippen LogP contribution in [0.3, 0.4) is 0 Å². The number of carbonyl (C=O) groups is 4. The minimum absolute atomic E-state index is 0.131. The maximum absolute atomic E-state index is 13.4. The number of fused-ring (bicyclic) bond motifs is 1. The zero-order valence-electron chi connectivity index (χ0n) is 17.5. The quantitative estimate of drug-likeness (QED) is 0.466. The number of nitrogens with zero attached hydrogens (tertiary/aromatic N) is 2. The largest absolute Gasteiger partial charge is 0.292 e. The summed E-state index contributed by atoms with van der Waals surface area (Å²) < 4.78 is 0. The number of amides is 3. The number of Topliss-reactive ketones (excluding diaryl/α,β-unsaturated/α-hetero) is 1. The van der Waals surface area contributed by atoms with E-state index in [2.05, 4.69) is 0 Å². The third-order valence-electron chi connectivity index (χ3n) is 6.13. The molecule has 8 heteroatoms. The molecule has 1 heterocycles. The van der Waals surface area contributed by atoms with Crippen molar-refractivity contribution in [2.75, 3.05) is 6.54 Å². The molecule has 6 nitrogen and oxygen atoms in total. The van der Waals surface area contributed by atoms with Gasteiger partial charge in [0.05, 0.1) is 21.9 Å². The fourth-order valence-electron chi connectivity index (χ4n) is 4.36. The fourth-order valence-corrected chi connectivity index (χ4v) is 4.66. The molecule has 4 rings (SSSR count). The molecule has 1 saturated carbocycles. The monoisotopic (exact) mass is 472 g/mol. The number of hydrogen-bond acceptors (Lipinski definition) is 4. The van der Waals surface area contributed by atoms with E-state index in [1.807, 2.05) is 6.92 Å². The van der Waals surface area contributed by atoms with Crippen LogP contribution in [0.5, 0.6) is 0 Å². The Balaban J connectivity index is 1.70. The number of hydrazine groups is 1. The Morgan fingerprint density at radius 1 is 0.906 bits per heavy atom. The molecule has 0 N–H and O–H groups in total. The number of carbonyl (C=O) groups excluding carboxylic acids is 4. The first-order valence-corrected chi connectivity index (χ1v) is 11.3. The molecule has 0 spiro atoms. The van der Waals surface area contributed by atoms with Crippen LogP contribution in [0.1, 0.15) is 52.0 Å². The zero-order valence-corrected chi connectivity index (χ0v) is 19.0. The van der Waals surface area contributed by atoms with E-state index < -0.39 is 36.1 Å². The zero-order chi connectivity index (χ0) is 23.0. The van der Waals surface area contributed by atoms with E-state index in [1.165, 1.54) is 18.2 Å². The lowest BCUT2D eigenvalue weighted by Crippen LogP contribution is -2.52. The highest BCUT2D eigenvalue weighted by Crippen LogP contribution is 2.39. The average molecular weight is 473 g/mol. The summed E-state index contributed by atoms with van der Waals surface area (Å²) in [5.41, 5.74) is 1.50. The average Bonchev–Trinajstić information content (AvgIpc) is 3.04. The first kappa shape index (κ1) is 22.5. The third kappa shape index (κ3) is 4.17. The molecule has 1 aliphatic carbocycles. The predicted molar refractivity (Wildman–Crippen MR) is 120 cm³/mol. The summed E-state index contributed by atoms with van der Waals surface area (Å²) in [6.07, 6.45) is 2.92. The smallest absolute Gasteiger partial charge is 0.273 e. The van der Waals surface area contributed by atoms with Crippen LogP contribution in [-0.2, 0) is 9.59 Å². The first-order chi connectivity index (χ1) is 15.3. The Morgan fingerprint density at radius 3 is 2.03 bits per heavy atom. The minimum atomic E-state index is -0.663. The normalized spacial score (nSPS) is 20.3. The summed E-state index contributed by atoms with van der Waals surface area (Å²) >= 11 is 12.0. The Kier molecular flexibility index (Phi) is 6.35. The van der Waals surface area contributed by atoms with Crippen LogP contribution >= 0.6 is 23.2 Å². The molecule has 0 aromatic heterocycles. The third-order valence-corrected chi connectivity index (χ3v) is 6.87. The maximum atomic E-state index is 13.4. The number of halogens is 2. The number of hydrogen-bond donors (Lipinski definition) is 0. The van der Waals surface area contributed by atoms with Gasteiger partial charge in [-0.3, -0.25) is 19.2 Å². The molecule has 3 amide bonds. The van der Waals surface area contributed by atoms with Crippen molar-refractivity contribution in [2.45, 2.75) is 32.6 Å². The summed E-state index contributed by atoms with van der Waals surface area (Å²) in [6.45, 7) is 1.46. The number of ketones is 1. The fraction of sp³-hybridized carbons (Fsp3) is 0.333. The molecule has 2 fully saturated rings. The van der Waals surface area contributed by atoms with Gasteiger partial charge >= 0.3 is 0 Å². The standard InChI is InChI=1S/C24H22Cl2N2O4/c1-14-6-8-15(9-7-14)21(29)13-27(22(30)16-10-11-19(25)20(26)12-16)28-23(31)17-4-2-3-5-18(17)24(28)32/h6-12,17-18H,2-5,13H2,1H3/t17-,18-/m0/s1. The van der Waals surface area contributed by atoms with Crippen molar-refractivity contribution in [1.29, 1.82) is 0 Å². The highest BCUT2D eigenvalue weighted by molar-refractivity contribution is 6.42. The van der Waals surface area contributed by atoms with Crippen LogP contribution in [0.2, 0.25) is 10.0 Å². The SMILES string of the molecule is Cc1ccc(C(=O)CN(C(=O)c2ccc(Cl)c(Cl)c2)N2C(=O)[C@H]3CCCC[C@@H]3C2=O)cc1. The number of benzene rings is 2. The van der Waals surface area contributed by atoms with Gasteiger partial charge in [-0.25, -0.2) is 5.01 Å². The van der Waals surface area contributed by atoms with Crippen molar-refractivity contribution in [1.82, 2.24) is 10.0 Å². The van der Waals surface area contributed by atoms with Crippen LogP contribution in [-0.4, -0.2) is 40.1 Å². The summed E-state index contributed by atoms with van der Waals surface area (Å²) in [7, 11) is 0. The van der Waals surface area contributed by atoms with Crippen LogP contribution < -0.4 is 0 Å². The molecule has 32 heavy (non-hydrogen) atoms. The molecule has 2 aromatic carbocycles. The molecule has 0 unspecified atom stereocenters. The van der Waals surface area contributed by atoms with Crippen LogP contribution in [0.25, 0.3) is 0 Å². The molecule has 2 atom stereocenters. The lowest BCUT2D eigenvalue weighted by Gasteiger charge is -2.30. The van der Waals surface area contributed by atoms with Crippen LogP contribution in [0.4, 0.5) is 0 Å². The van der Waals surface area contributed by atoms with Gasteiger partial charge in [0.15, 0.2) is 5.78 Å².